The van der Waals surface area contributed by atoms with Crippen LogP contribution in [0.1, 0.15) is 35.3 Å². The van der Waals surface area contributed by atoms with E-state index in [4.69, 9.17) is 5.41 Å². The lowest BCUT2D eigenvalue weighted by Gasteiger charge is -2.22. The van der Waals surface area contributed by atoms with Gasteiger partial charge >= 0.3 is 0 Å². The standard InChI is InChI=1S/C19H22N4O.BrH/c1-3-22(4-2)16-11-9-14(10-12-16)19(24)21-23-13-15-7-5-6-8-17(15)18(23)20;/h5-12,20H,3-4,13H2,1-2H3,(H,21,24);1H. The number of carbonyl (C=O) groups excluding carboxylic acids is 1. The second-order valence-corrected chi connectivity index (χ2v) is 5.75. The summed E-state index contributed by atoms with van der Waals surface area (Å²) in [6.07, 6.45) is 0. The summed E-state index contributed by atoms with van der Waals surface area (Å²) in [6, 6.07) is 15.3. The topological polar surface area (TPSA) is 59.4 Å². The van der Waals surface area contributed by atoms with Crippen molar-refractivity contribution in [2.24, 2.45) is 0 Å². The van der Waals surface area contributed by atoms with Gasteiger partial charge in [0.1, 0.15) is 5.84 Å². The van der Waals surface area contributed by atoms with Crippen molar-refractivity contribution in [2.45, 2.75) is 20.4 Å². The molecule has 0 saturated heterocycles. The molecule has 2 N–H and O–H groups in total. The Hall–Kier alpha value is -2.34. The quantitative estimate of drug-likeness (QED) is 0.802. The molecule has 2 aromatic carbocycles. The smallest absolute Gasteiger partial charge is 0.269 e. The lowest BCUT2D eigenvalue weighted by atomic mass is 10.1. The summed E-state index contributed by atoms with van der Waals surface area (Å²) < 4.78 is 0. The number of nitrogens with zero attached hydrogens (tertiary/aromatic N) is 2. The summed E-state index contributed by atoms with van der Waals surface area (Å²) in [5.74, 6) is 0.136. The molecule has 3 rings (SSSR count). The van der Waals surface area contributed by atoms with Gasteiger partial charge in [-0.05, 0) is 43.7 Å². The van der Waals surface area contributed by atoms with Crippen LogP contribution in [0, 0.1) is 5.41 Å². The molecule has 0 aliphatic carbocycles. The number of hydrogen-bond donors (Lipinski definition) is 2. The zero-order valence-electron chi connectivity index (χ0n) is 14.5. The van der Waals surface area contributed by atoms with Crippen molar-refractivity contribution >= 4 is 34.4 Å². The lowest BCUT2D eigenvalue weighted by Crippen LogP contribution is -2.42. The number of amidine groups is 1. The first kappa shape index (κ1) is 19.0. The molecular formula is C19H23BrN4O. The van der Waals surface area contributed by atoms with Gasteiger partial charge in [-0.3, -0.25) is 20.6 Å². The third-order valence-corrected chi connectivity index (χ3v) is 4.37. The van der Waals surface area contributed by atoms with Gasteiger partial charge in [0.2, 0.25) is 0 Å². The summed E-state index contributed by atoms with van der Waals surface area (Å²) >= 11 is 0. The molecule has 0 unspecified atom stereocenters. The van der Waals surface area contributed by atoms with Crippen molar-refractivity contribution in [2.75, 3.05) is 18.0 Å². The monoisotopic (exact) mass is 402 g/mol. The minimum Gasteiger partial charge on any atom is -0.372 e. The number of halogens is 1. The maximum atomic E-state index is 12.5. The van der Waals surface area contributed by atoms with E-state index in [-0.39, 0.29) is 22.9 Å². The van der Waals surface area contributed by atoms with Crippen LogP contribution in [0.2, 0.25) is 0 Å². The van der Waals surface area contributed by atoms with Gasteiger partial charge in [0.05, 0.1) is 6.54 Å². The maximum Gasteiger partial charge on any atom is 0.269 e. The molecule has 1 aliphatic rings. The highest BCUT2D eigenvalue weighted by molar-refractivity contribution is 8.93. The van der Waals surface area contributed by atoms with E-state index in [2.05, 4.69) is 24.2 Å². The normalized spacial score (nSPS) is 12.4. The molecule has 25 heavy (non-hydrogen) atoms. The van der Waals surface area contributed by atoms with Gasteiger partial charge in [0.15, 0.2) is 0 Å². The van der Waals surface area contributed by atoms with E-state index < -0.39 is 0 Å². The molecule has 1 heterocycles. The van der Waals surface area contributed by atoms with Crippen molar-refractivity contribution in [3.63, 3.8) is 0 Å². The zero-order valence-corrected chi connectivity index (χ0v) is 16.2. The molecular weight excluding hydrogens is 380 g/mol. The Morgan fingerprint density at radius 2 is 1.76 bits per heavy atom. The van der Waals surface area contributed by atoms with Crippen molar-refractivity contribution < 1.29 is 4.79 Å². The first-order valence-electron chi connectivity index (χ1n) is 8.24. The van der Waals surface area contributed by atoms with E-state index in [1.54, 1.807) is 5.01 Å². The minimum atomic E-state index is -0.196. The van der Waals surface area contributed by atoms with Gasteiger partial charge in [0, 0.05) is 29.9 Å². The minimum absolute atomic E-state index is 0. The Labute approximate surface area is 158 Å². The number of anilines is 1. The highest BCUT2D eigenvalue weighted by atomic mass is 79.9. The SMILES string of the molecule is Br.CCN(CC)c1ccc(C(=O)NN2Cc3ccccc3C2=N)cc1. The maximum absolute atomic E-state index is 12.5. The summed E-state index contributed by atoms with van der Waals surface area (Å²) in [6.45, 7) is 6.62. The second kappa shape index (κ2) is 8.16. The second-order valence-electron chi connectivity index (χ2n) is 5.75. The van der Waals surface area contributed by atoms with Crippen LogP contribution < -0.4 is 10.3 Å². The van der Waals surface area contributed by atoms with Gasteiger partial charge in [-0.2, -0.15) is 0 Å². The number of amides is 1. The fourth-order valence-corrected chi connectivity index (χ4v) is 2.98. The van der Waals surface area contributed by atoms with Crippen LogP contribution in [0.15, 0.2) is 48.5 Å². The highest BCUT2D eigenvalue weighted by Gasteiger charge is 2.25. The van der Waals surface area contributed by atoms with Crippen molar-refractivity contribution in [3.8, 4) is 0 Å². The molecule has 0 fully saturated rings. The molecule has 0 bridgehead atoms. The van der Waals surface area contributed by atoms with Gasteiger partial charge in [-0.25, -0.2) is 0 Å². The molecule has 132 valence electrons. The van der Waals surface area contributed by atoms with Crippen molar-refractivity contribution in [1.82, 2.24) is 10.4 Å². The fraction of sp³-hybridized carbons (Fsp3) is 0.263. The number of hydrogen-bond acceptors (Lipinski definition) is 3. The third-order valence-electron chi connectivity index (χ3n) is 4.37. The summed E-state index contributed by atoms with van der Waals surface area (Å²) in [5.41, 5.74) is 6.45. The van der Waals surface area contributed by atoms with E-state index in [9.17, 15) is 4.79 Å². The molecule has 0 atom stereocenters. The molecule has 5 nitrogen and oxygen atoms in total. The Balaban J connectivity index is 0.00000225. The van der Waals surface area contributed by atoms with E-state index >= 15 is 0 Å². The average molecular weight is 403 g/mol. The Morgan fingerprint density at radius 1 is 1.12 bits per heavy atom. The lowest BCUT2D eigenvalue weighted by molar-refractivity contribution is 0.0869. The molecule has 0 aromatic heterocycles. The molecule has 0 radical (unpaired) electrons. The summed E-state index contributed by atoms with van der Waals surface area (Å²) in [4.78, 5) is 14.7. The third kappa shape index (κ3) is 3.85. The molecule has 0 spiro atoms. The van der Waals surface area contributed by atoms with Crippen LogP contribution in [0.25, 0.3) is 0 Å². The van der Waals surface area contributed by atoms with Crippen LogP contribution in [0.4, 0.5) is 5.69 Å². The van der Waals surface area contributed by atoms with Gasteiger partial charge in [-0.1, -0.05) is 24.3 Å². The van der Waals surface area contributed by atoms with Crippen LogP contribution in [0.3, 0.4) is 0 Å². The summed E-state index contributed by atoms with van der Waals surface area (Å²) in [7, 11) is 0. The largest absolute Gasteiger partial charge is 0.372 e. The zero-order chi connectivity index (χ0) is 17.1. The number of rotatable bonds is 5. The molecule has 1 amide bonds. The van der Waals surface area contributed by atoms with E-state index in [0.717, 1.165) is 29.9 Å². The van der Waals surface area contributed by atoms with E-state index in [0.29, 0.717) is 17.9 Å². The van der Waals surface area contributed by atoms with Crippen LogP contribution in [0.5, 0.6) is 0 Å². The molecule has 0 saturated carbocycles. The molecule has 1 aliphatic heterocycles. The Kier molecular flexibility index (Phi) is 6.20. The van der Waals surface area contributed by atoms with Gasteiger partial charge < -0.3 is 4.90 Å². The number of nitrogens with one attached hydrogen (secondary N) is 2. The number of carbonyl (C=O) groups is 1. The van der Waals surface area contributed by atoms with Crippen molar-refractivity contribution in [3.05, 3.63) is 65.2 Å². The predicted molar refractivity (Wildman–Crippen MR) is 107 cm³/mol. The number of benzene rings is 2. The Bertz CT molecular complexity index is 756. The highest BCUT2D eigenvalue weighted by Crippen LogP contribution is 2.21. The van der Waals surface area contributed by atoms with Crippen LogP contribution in [-0.4, -0.2) is 29.8 Å². The predicted octanol–water partition coefficient (Wildman–Crippen LogP) is 3.60. The van der Waals surface area contributed by atoms with Gasteiger partial charge in [0.25, 0.3) is 5.91 Å². The average Bonchev–Trinajstić information content (AvgIpc) is 2.93. The fourth-order valence-electron chi connectivity index (χ4n) is 2.98. The summed E-state index contributed by atoms with van der Waals surface area (Å²) in [5, 5.41) is 9.78. The Morgan fingerprint density at radius 3 is 2.36 bits per heavy atom. The van der Waals surface area contributed by atoms with Gasteiger partial charge in [-0.15, -0.1) is 17.0 Å². The first-order valence-corrected chi connectivity index (χ1v) is 8.24. The van der Waals surface area contributed by atoms with Crippen LogP contribution in [-0.2, 0) is 6.54 Å². The van der Waals surface area contributed by atoms with E-state index in [1.165, 1.54) is 0 Å². The van der Waals surface area contributed by atoms with E-state index in [1.807, 2.05) is 48.5 Å². The number of hydrazine groups is 1. The molecule has 2 aromatic rings. The first-order chi connectivity index (χ1) is 11.6. The van der Waals surface area contributed by atoms with Crippen LogP contribution >= 0.6 is 17.0 Å². The molecule has 6 heteroatoms. The number of fused-ring (bicyclic) bond motifs is 1. The van der Waals surface area contributed by atoms with Crippen molar-refractivity contribution in [1.29, 1.82) is 5.41 Å².